The normalized spacial score (nSPS) is 10.8. The van der Waals surface area contributed by atoms with E-state index in [1.165, 1.54) is 6.92 Å². The highest BCUT2D eigenvalue weighted by atomic mass is 79.9. The standard InChI is InChI=1S/C14H12BrN5O/c1-8(21)18-14-13(15)20-7-10(3-5-12(20)19-14)9-2-4-11(16)17-6-9/h2-7H,1H3,(H2,16,17)(H,18,21). The maximum absolute atomic E-state index is 11.2. The van der Waals surface area contributed by atoms with E-state index in [1.54, 1.807) is 12.3 Å². The number of pyridine rings is 2. The monoisotopic (exact) mass is 345 g/mol. The Hall–Kier alpha value is -2.41. The van der Waals surface area contributed by atoms with Crippen LogP contribution in [0.4, 0.5) is 11.6 Å². The van der Waals surface area contributed by atoms with Gasteiger partial charge in [0.1, 0.15) is 16.1 Å². The number of hydrogen-bond donors (Lipinski definition) is 2. The lowest BCUT2D eigenvalue weighted by atomic mass is 10.1. The maximum atomic E-state index is 11.2. The average Bonchev–Trinajstić information content (AvgIpc) is 2.75. The molecule has 21 heavy (non-hydrogen) atoms. The van der Waals surface area contributed by atoms with Gasteiger partial charge in [0.15, 0.2) is 5.82 Å². The van der Waals surface area contributed by atoms with Crippen LogP contribution < -0.4 is 11.1 Å². The molecule has 1 amide bonds. The van der Waals surface area contributed by atoms with Gasteiger partial charge in [-0.15, -0.1) is 0 Å². The molecule has 0 saturated heterocycles. The Kier molecular flexibility index (Phi) is 3.34. The zero-order valence-corrected chi connectivity index (χ0v) is 12.8. The minimum atomic E-state index is -0.165. The molecule has 3 aromatic heterocycles. The van der Waals surface area contributed by atoms with Gasteiger partial charge in [-0.1, -0.05) is 0 Å². The number of nitrogens with two attached hydrogens (primary N) is 1. The lowest BCUT2D eigenvalue weighted by Gasteiger charge is -2.03. The molecule has 0 atom stereocenters. The third-order valence-corrected chi connectivity index (χ3v) is 3.73. The van der Waals surface area contributed by atoms with Gasteiger partial charge >= 0.3 is 0 Å². The number of rotatable bonds is 2. The van der Waals surface area contributed by atoms with Gasteiger partial charge in [0.2, 0.25) is 5.91 Å². The molecule has 3 heterocycles. The summed E-state index contributed by atoms with van der Waals surface area (Å²) in [5, 5.41) is 2.68. The van der Waals surface area contributed by atoms with E-state index in [4.69, 9.17) is 5.73 Å². The number of imidazole rings is 1. The minimum absolute atomic E-state index is 0.165. The Morgan fingerprint density at radius 1 is 1.29 bits per heavy atom. The number of aromatic nitrogens is 3. The summed E-state index contributed by atoms with van der Waals surface area (Å²) in [5.41, 5.74) is 8.26. The Balaban J connectivity index is 2.09. The lowest BCUT2D eigenvalue weighted by Crippen LogP contribution is -2.06. The quantitative estimate of drug-likeness (QED) is 0.747. The predicted octanol–water partition coefficient (Wildman–Crippen LogP) is 2.70. The number of halogens is 1. The highest BCUT2D eigenvalue weighted by Gasteiger charge is 2.11. The van der Waals surface area contributed by atoms with Gasteiger partial charge in [-0.3, -0.25) is 9.20 Å². The number of carbonyl (C=O) groups is 1. The first kappa shape index (κ1) is 13.6. The largest absolute Gasteiger partial charge is 0.384 e. The summed E-state index contributed by atoms with van der Waals surface area (Å²) in [4.78, 5) is 19.6. The molecule has 0 aliphatic rings. The van der Waals surface area contributed by atoms with Crippen molar-refractivity contribution in [3.8, 4) is 11.1 Å². The van der Waals surface area contributed by atoms with Gasteiger partial charge in [-0.2, -0.15) is 0 Å². The average molecular weight is 346 g/mol. The van der Waals surface area contributed by atoms with E-state index < -0.39 is 0 Å². The maximum Gasteiger partial charge on any atom is 0.222 e. The number of nitrogens with one attached hydrogen (secondary N) is 1. The van der Waals surface area contributed by atoms with Crippen molar-refractivity contribution in [1.82, 2.24) is 14.4 Å². The predicted molar refractivity (Wildman–Crippen MR) is 84.8 cm³/mol. The summed E-state index contributed by atoms with van der Waals surface area (Å²) in [5.74, 6) is 0.814. The van der Waals surface area contributed by atoms with Crippen molar-refractivity contribution in [3.63, 3.8) is 0 Å². The van der Waals surface area contributed by atoms with Crippen molar-refractivity contribution in [3.05, 3.63) is 41.3 Å². The molecule has 0 aromatic carbocycles. The molecular weight excluding hydrogens is 334 g/mol. The Bertz CT molecular complexity index is 825. The van der Waals surface area contributed by atoms with E-state index in [0.29, 0.717) is 16.2 Å². The Morgan fingerprint density at radius 3 is 2.71 bits per heavy atom. The van der Waals surface area contributed by atoms with Crippen LogP contribution in [0.3, 0.4) is 0 Å². The highest BCUT2D eigenvalue weighted by molar-refractivity contribution is 9.10. The van der Waals surface area contributed by atoms with Crippen LogP contribution in [0.15, 0.2) is 41.3 Å². The molecular formula is C14H12BrN5O. The summed E-state index contributed by atoms with van der Waals surface area (Å²) in [6.07, 6.45) is 3.64. The van der Waals surface area contributed by atoms with E-state index >= 15 is 0 Å². The molecule has 106 valence electrons. The van der Waals surface area contributed by atoms with E-state index in [0.717, 1.165) is 16.8 Å². The van der Waals surface area contributed by atoms with Crippen molar-refractivity contribution in [2.75, 3.05) is 11.1 Å². The summed E-state index contributed by atoms with van der Waals surface area (Å²) in [6, 6.07) is 7.48. The molecule has 0 spiro atoms. The van der Waals surface area contributed by atoms with Crippen LogP contribution in [0.25, 0.3) is 16.8 Å². The molecule has 3 aromatic rings. The van der Waals surface area contributed by atoms with Gasteiger partial charge in [-0.25, -0.2) is 9.97 Å². The number of nitrogen functional groups attached to an aromatic ring is 1. The number of hydrogen-bond acceptors (Lipinski definition) is 4. The van der Waals surface area contributed by atoms with Gasteiger partial charge in [0.05, 0.1) is 0 Å². The van der Waals surface area contributed by atoms with Crippen LogP contribution in [0, 0.1) is 0 Å². The molecule has 0 fully saturated rings. The topological polar surface area (TPSA) is 85.3 Å². The zero-order chi connectivity index (χ0) is 15.0. The molecule has 7 heteroatoms. The summed E-state index contributed by atoms with van der Waals surface area (Å²) in [6.45, 7) is 1.45. The smallest absolute Gasteiger partial charge is 0.222 e. The fourth-order valence-corrected chi connectivity index (χ4v) is 2.48. The van der Waals surface area contributed by atoms with E-state index in [1.807, 2.05) is 28.8 Å². The number of amides is 1. The zero-order valence-electron chi connectivity index (χ0n) is 11.2. The third-order valence-electron chi connectivity index (χ3n) is 2.97. The first-order chi connectivity index (χ1) is 10.0. The molecule has 0 saturated carbocycles. The SMILES string of the molecule is CC(=O)Nc1nc2ccc(-c3ccc(N)nc3)cn2c1Br. The molecule has 0 aliphatic heterocycles. The molecule has 0 bridgehead atoms. The van der Waals surface area contributed by atoms with Gasteiger partial charge in [0, 0.05) is 30.4 Å². The van der Waals surface area contributed by atoms with Crippen molar-refractivity contribution in [2.45, 2.75) is 6.92 Å². The van der Waals surface area contributed by atoms with Crippen molar-refractivity contribution >= 4 is 39.1 Å². The third kappa shape index (κ3) is 2.59. The highest BCUT2D eigenvalue weighted by Crippen LogP contribution is 2.27. The molecule has 0 aliphatic carbocycles. The lowest BCUT2D eigenvalue weighted by molar-refractivity contribution is -0.114. The summed E-state index contributed by atoms with van der Waals surface area (Å²) in [7, 11) is 0. The first-order valence-corrected chi connectivity index (χ1v) is 7.01. The van der Waals surface area contributed by atoms with Crippen LogP contribution in [-0.2, 0) is 4.79 Å². The number of nitrogens with zero attached hydrogens (tertiary/aromatic N) is 3. The fourth-order valence-electron chi connectivity index (χ4n) is 2.01. The molecule has 3 N–H and O–H groups in total. The van der Waals surface area contributed by atoms with Crippen LogP contribution in [0.5, 0.6) is 0 Å². The van der Waals surface area contributed by atoms with Crippen molar-refractivity contribution in [2.24, 2.45) is 0 Å². The van der Waals surface area contributed by atoms with Crippen molar-refractivity contribution in [1.29, 1.82) is 0 Å². The fraction of sp³-hybridized carbons (Fsp3) is 0.0714. The van der Waals surface area contributed by atoms with Crippen LogP contribution >= 0.6 is 15.9 Å². The molecule has 3 rings (SSSR count). The molecule has 0 radical (unpaired) electrons. The summed E-state index contributed by atoms with van der Waals surface area (Å²) >= 11 is 3.45. The molecule has 6 nitrogen and oxygen atoms in total. The second-order valence-corrected chi connectivity index (χ2v) is 5.30. The van der Waals surface area contributed by atoms with E-state index in [-0.39, 0.29) is 5.91 Å². The Morgan fingerprint density at radius 2 is 2.05 bits per heavy atom. The first-order valence-electron chi connectivity index (χ1n) is 6.21. The van der Waals surface area contributed by atoms with Crippen LogP contribution in [-0.4, -0.2) is 20.3 Å². The van der Waals surface area contributed by atoms with Gasteiger partial charge in [0.25, 0.3) is 0 Å². The van der Waals surface area contributed by atoms with Gasteiger partial charge < -0.3 is 11.1 Å². The second kappa shape index (κ2) is 5.17. The number of fused-ring (bicyclic) bond motifs is 1. The van der Waals surface area contributed by atoms with E-state index in [2.05, 4.69) is 31.2 Å². The van der Waals surface area contributed by atoms with E-state index in [9.17, 15) is 4.79 Å². The van der Waals surface area contributed by atoms with Crippen molar-refractivity contribution < 1.29 is 4.79 Å². The minimum Gasteiger partial charge on any atom is -0.384 e. The second-order valence-electron chi connectivity index (χ2n) is 4.55. The molecule has 0 unspecified atom stereocenters. The van der Waals surface area contributed by atoms with Crippen LogP contribution in [0.2, 0.25) is 0 Å². The number of carbonyl (C=O) groups excluding carboxylic acids is 1. The summed E-state index contributed by atoms with van der Waals surface area (Å²) < 4.78 is 2.55. The van der Waals surface area contributed by atoms with Gasteiger partial charge in [-0.05, 0) is 40.2 Å². The van der Waals surface area contributed by atoms with Crippen LogP contribution in [0.1, 0.15) is 6.92 Å². The Labute approximate surface area is 129 Å². The number of anilines is 2.